The normalized spacial score (nSPS) is 26.3. The van der Waals surface area contributed by atoms with Crippen LogP contribution in [0.2, 0.25) is 0 Å². The smallest absolute Gasteiger partial charge is 0.255 e. The van der Waals surface area contributed by atoms with E-state index in [9.17, 15) is 34.8 Å². The van der Waals surface area contributed by atoms with Gasteiger partial charge in [0.25, 0.3) is 5.91 Å². The average Bonchev–Trinajstić information content (AvgIpc) is 2.87. The van der Waals surface area contributed by atoms with Crippen LogP contribution in [0.25, 0.3) is 16.9 Å². The molecule has 1 amide bonds. The van der Waals surface area contributed by atoms with Crippen molar-refractivity contribution in [1.82, 2.24) is 4.90 Å². The van der Waals surface area contributed by atoms with Crippen LogP contribution < -0.4 is 10.5 Å². The number of ketones is 2. The highest BCUT2D eigenvalue weighted by Gasteiger charge is 2.64. The minimum Gasteiger partial charge on any atom is -0.508 e. The van der Waals surface area contributed by atoms with E-state index in [1.807, 2.05) is 31.2 Å². The SMILES string of the molecule is CCOc1ccc(-c2ccc(O)c3c2CC2CC4C(N(C)C)C(=O)C(C(N)=O)=C(O)C4(O)C(=O)C2=C3O)cc1. The molecule has 2 aromatic rings. The second kappa shape index (κ2) is 9.25. The molecule has 0 heterocycles. The Bertz CT molecular complexity index is 1470. The second-order valence-electron chi connectivity index (χ2n) is 10.4. The first kappa shape index (κ1) is 26.5. The lowest BCUT2D eigenvalue weighted by Crippen LogP contribution is -2.65. The number of aliphatic hydroxyl groups is 3. The molecule has 0 radical (unpaired) electrons. The lowest BCUT2D eigenvalue weighted by atomic mass is 9.57. The molecule has 10 nitrogen and oxygen atoms in total. The van der Waals surface area contributed by atoms with Crippen molar-refractivity contribution >= 4 is 23.2 Å². The van der Waals surface area contributed by atoms with Gasteiger partial charge in [-0.05, 0) is 74.7 Å². The van der Waals surface area contributed by atoms with E-state index in [0.717, 1.165) is 11.1 Å². The van der Waals surface area contributed by atoms with Gasteiger partial charge in [0.2, 0.25) is 5.78 Å². The summed E-state index contributed by atoms with van der Waals surface area (Å²) in [4.78, 5) is 40.7. The van der Waals surface area contributed by atoms with Gasteiger partial charge in [-0.25, -0.2) is 0 Å². The number of benzene rings is 2. The number of phenolic OH excluding ortho intramolecular Hbond substituents is 1. The number of nitrogens with two attached hydrogens (primary N) is 1. The molecule has 4 atom stereocenters. The highest BCUT2D eigenvalue weighted by Crippen LogP contribution is 2.53. The van der Waals surface area contributed by atoms with Crippen LogP contribution in [0.1, 0.15) is 24.5 Å². The largest absolute Gasteiger partial charge is 0.508 e. The number of ether oxygens (including phenoxy) is 1. The maximum absolute atomic E-state index is 13.9. The van der Waals surface area contributed by atoms with Crippen molar-refractivity contribution in [1.29, 1.82) is 0 Å². The molecule has 4 unspecified atom stereocenters. The molecule has 3 aliphatic rings. The summed E-state index contributed by atoms with van der Waals surface area (Å²) >= 11 is 0. The van der Waals surface area contributed by atoms with Crippen LogP contribution >= 0.6 is 0 Å². The lowest BCUT2D eigenvalue weighted by Gasteiger charge is -2.50. The first-order chi connectivity index (χ1) is 18.4. The summed E-state index contributed by atoms with van der Waals surface area (Å²) in [6.07, 6.45) is 0.246. The molecule has 204 valence electrons. The van der Waals surface area contributed by atoms with Crippen LogP contribution in [0.3, 0.4) is 0 Å². The highest BCUT2D eigenvalue weighted by molar-refractivity contribution is 6.24. The number of rotatable bonds is 5. The first-order valence-electron chi connectivity index (χ1n) is 12.7. The molecule has 0 saturated heterocycles. The zero-order valence-corrected chi connectivity index (χ0v) is 21.8. The number of aliphatic hydroxyl groups excluding tert-OH is 2. The number of fused-ring (bicyclic) bond motifs is 3. The van der Waals surface area contributed by atoms with E-state index in [4.69, 9.17) is 10.5 Å². The molecule has 0 bridgehead atoms. The van der Waals surface area contributed by atoms with E-state index in [0.29, 0.717) is 17.9 Å². The van der Waals surface area contributed by atoms with Crippen LogP contribution in [-0.2, 0) is 20.8 Å². The fraction of sp³-hybridized carbons (Fsp3) is 0.345. The molecule has 0 spiro atoms. The summed E-state index contributed by atoms with van der Waals surface area (Å²) in [7, 11) is 3.13. The number of nitrogens with zero attached hydrogens (tertiary/aromatic N) is 1. The number of likely N-dealkylation sites (N-methyl/N-ethyl adjacent to an activating group) is 1. The van der Waals surface area contributed by atoms with Crippen molar-refractivity contribution in [3.8, 4) is 22.6 Å². The van der Waals surface area contributed by atoms with Gasteiger partial charge in [0, 0.05) is 11.5 Å². The molecular weight excluding hydrogens is 504 g/mol. The Morgan fingerprint density at radius 1 is 1.10 bits per heavy atom. The topological polar surface area (TPSA) is 171 Å². The predicted molar refractivity (Wildman–Crippen MR) is 141 cm³/mol. The van der Waals surface area contributed by atoms with E-state index in [1.54, 1.807) is 20.2 Å². The number of carbonyl (C=O) groups excluding carboxylic acids is 3. The third-order valence-electron chi connectivity index (χ3n) is 8.08. The third-order valence-corrected chi connectivity index (χ3v) is 8.08. The van der Waals surface area contributed by atoms with Crippen molar-refractivity contribution in [2.24, 2.45) is 17.6 Å². The summed E-state index contributed by atoms with van der Waals surface area (Å²) in [6.45, 7) is 2.40. The zero-order chi connectivity index (χ0) is 28.4. The number of hydrogen-bond donors (Lipinski definition) is 5. The fourth-order valence-corrected chi connectivity index (χ4v) is 6.41. The van der Waals surface area contributed by atoms with E-state index >= 15 is 0 Å². The van der Waals surface area contributed by atoms with E-state index in [1.165, 1.54) is 11.0 Å². The monoisotopic (exact) mass is 534 g/mol. The van der Waals surface area contributed by atoms with Crippen LogP contribution in [0.4, 0.5) is 0 Å². The number of hydrogen-bond acceptors (Lipinski definition) is 9. The molecule has 3 aliphatic carbocycles. The summed E-state index contributed by atoms with van der Waals surface area (Å²) in [5.74, 6) is -6.04. The van der Waals surface area contributed by atoms with E-state index < -0.39 is 58.0 Å². The van der Waals surface area contributed by atoms with Gasteiger partial charge in [0.15, 0.2) is 11.4 Å². The van der Waals surface area contributed by atoms with Gasteiger partial charge in [0.05, 0.1) is 18.2 Å². The quantitative estimate of drug-likeness (QED) is 0.360. The number of carbonyl (C=O) groups is 3. The van der Waals surface area contributed by atoms with Gasteiger partial charge in [-0.2, -0.15) is 0 Å². The number of aromatic hydroxyl groups is 1. The molecule has 1 fully saturated rings. The fourth-order valence-electron chi connectivity index (χ4n) is 6.41. The summed E-state index contributed by atoms with van der Waals surface area (Å²) < 4.78 is 5.52. The Balaban J connectivity index is 1.69. The maximum atomic E-state index is 13.9. The van der Waals surface area contributed by atoms with Crippen molar-refractivity contribution in [2.75, 3.05) is 20.7 Å². The van der Waals surface area contributed by atoms with Gasteiger partial charge in [-0.1, -0.05) is 18.2 Å². The van der Waals surface area contributed by atoms with Gasteiger partial charge >= 0.3 is 0 Å². The number of phenols is 1. The minimum absolute atomic E-state index is 0.0319. The Morgan fingerprint density at radius 3 is 2.36 bits per heavy atom. The minimum atomic E-state index is -2.66. The molecule has 5 rings (SSSR count). The number of Topliss-reactive ketones (excluding diaryl/α,β-unsaturated/α-hetero) is 2. The zero-order valence-electron chi connectivity index (χ0n) is 21.8. The van der Waals surface area contributed by atoms with Crippen molar-refractivity contribution < 1.29 is 39.5 Å². The van der Waals surface area contributed by atoms with Crippen molar-refractivity contribution in [2.45, 2.75) is 31.4 Å². The summed E-state index contributed by atoms with van der Waals surface area (Å²) in [5.41, 5.74) is 3.87. The van der Waals surface area contributed by atoms with Crippen molar-refractivity contribution in [3.05, 3.63) is 64.4 Å². The predicted octanol–water partition coefficient (Wildman–Crippen LogP) is 2.03. The summed E-state index contributed by atoms with van der Waals surface area (Å²) in [5, 5.41) is 44.7. The average molecular weight is 535 g/mol. The molecule has 10 heteroatoms. The van der Waals surface area contributed by atoms with Crippen LogP contribution in [0, 0.1) is 11.8 Å². The Morgan fingerprint density at radius 2 is 1.77 bits per heavy atom. The standard InChI is InChI=1S/C29H30N2O8/c1-4-39-15-7-5-13(6-8-15)16-9-10-19(32)21-17(16)11-14-12-18-23(31(2)3)25(34)22(28(30)37)27(36)29(18,38)26(35)20(14)24(21)33/h5-10,14,18,23,32-33,36,38H,4,11-12H2,1-3H3,(H2,30,37). The molecule has 6 N–H and O–H groups in total. The molecule has 0 aromatic heterocycles. The first-order valence-corrected chi connectivity index (χ1v) is 12.7. The van der Waals surface area contributed by atoms with Gasteiger partial charge < -0.3 is 30.9 Å². The van der Waals surface area contributed by atoms with Crippen LogP contribution in [0.15, 0.2) is 53.3 Å². The van der Waals surface area contributed by atoms with E-state index in [2.05, 4.69) is 0 Å². The Hall–Kier alpha value is -4.15. The molecular formula is C29H30N2O8. The van der Waals surface area contributed by atoms with Gasteiger partial charge in [0.1, 0.15) is 28.6 Å². The number of amides is 1. The van der Waals surface area contributed by atoms with Gasteiger partial charge in [-0.15, -0.1) is 0 Å². The maximum Gasteiger partial charge on any atom is 0.255 e. The molecule has 2 aromatic carbocycles. The number of primary amides is 1. The molecule has 1 saturated carbocycles. The van der Waals surface area contributed by atoms with E-state index in [-0.39, 0.29) is 29.7 Å². The lowest BCUT2D eigenvalue weighted by molar-refractivity contribution is -0.153. The van der Waals surface area contributed by atoms with Crippen LogP contribution in [-0.4, -0.2) is 75.1 Å². The summed E-state index contributed by atoms with van der Waals surface area (Å²) in [6, 6.07) is 9.35. The Kier molecular flexibility index (Phi) is 6.27. The van der Waals surface area contributed by atoms with Gasteiger partial charge in [-0.3, -0.25) is 19.3 Å². The molecule has 0 aliphatic heterocycles. The highest BCUT2D eigenvalue weighted by atomic mass is 16.5. The van der Waals surface area contributed by atoms with Crippen molar-refractivity contribution in [3.63, 3.8) is 0 Å². The van der Waals surface area contributed by atoms with Crippen LogP contribution in [0.5, 0.6) is 11.5 Å². The third kappa shape index (κ3) is 3.74. The molecule has 39 heavy (non-hydrogen) atoms. The second-order valence-corrected chi connectivity index (χ2v) is 10.4. The Labute approximate surface area is 224 Å².